The van der Waals surface area contributed by atoms with Crippen LogP contribution in [0.25, 0.3) is 0 Å². The molecule has 0 saturated heterocycles. The van der Waals surface area contributed by atoms with Crippen molar-refractivity contribution in [1.29, 1.82) is 0 Å². The summed E-state index contributed by atoms with van der Waals surface area (Å²) in [5, 5.41) is 10.1. The third kappa shape index (κ3) is 3.41. The Bertz CT molecular complexity index is 530. The topological polar surface area (TPSA) is 100 Å². The van der Waals surface area contributed by atoms with Crippen LogP contribution in [0.5, 0.6) is 0 Å². The van der Waals surface area contributed by atoms with Crippen molar-refractivity contribution in [1.82, 2.24) is 0 Å². The summed E-state index contributed by atoms with van der Waals surface area (Å²) >= 11 is 5.48. The first-order valence-electron chi connectivity index (χ1n) is 3.64. The molecule has 0 aromatic heterocycles. The second kappa shape index (κ2) is 5.44. The molecule has 6 nitrogen and oxygen atoms in total. The van der Waals surface area contributed by atoms with Gasteiger partial charge in [0.05, 0.1) is 9.95 Å². The van der Waals surface area contributed by atoms with Gasteiger partial charge in [0, 0.05) is 6.07 Å². The predicted octanol–water partition coefficient (Wildman–Crippen LogP) is -1.54. The van der Waals surface area contributed by atoms with Crippen LogP contribution in [0.15, 0.2) is 17.0 Å². The molecule has 0 heterocycles. The summed E-state index contributed by atoms with van der Waals surface area (Å²) in [4.78, 5) is 8.58. The van der Waals surface area contributed by atoms with Gasteiger partial charge in [0.1, 0.15) is 10.1 Å². The number of nitro groups is 1. The van der Waals surface area contributed by atoms with Crippen molar-refractivity contribution < 1.29 is 47.5 Å². The zero-order chi connectivity index (χ0) is 11.8. The molecule has 9 heteroatoms. The molecule has 0 atom stereocenters. The molecular weight excluding hydrogens is 269 g/mol. The molecule has 16 heavy (non-hydrogen) atoms. The Hall–Kier alpha value is -0.180. The van der Waals surface area contributed by atoms with Crippen molar-refractivity contribution in [2.75, 3.05) is 0 Å². The maximum Gasteiger partial charge on any atom is 1.00 e. The van der Waals surface area contributed by atoms with E-state index in [-0.39, 0.29) is 29.6 Å². The van der Waals surface area contributed by atoms with Crippen LogP contribution >= 0.6 is 11.6 Å². The standard InChI is InChI=1S/C7H6ClNO5S.Na/c1-4-2-5(8)7(15(12,13)14)6(3-4)9(10)11;/h2-3H,1H3,(H,12,13,14);/q;+1/p-1. The molecule has 0 spiro atoms. The molecule has 0 saturated carbocycles. The van der Waals surface area contributed by atoms with Gasteiger partial charge in [-0.25, -0.2) is 8.42 Å². The van der Waals surface area contributed by atoms with Gasteiger partial charge in [-0.05, 0) is 18.6 Å². The molecule has 1 aromatic rings. The molecule has 0 aliphatic heterocycles. The largest absolute Gasteiger partial charge is 1.00 e. The van der Waals surface area contributed by atoms with Crippen LogP contribution in [0.1, 0.15) is 5.56 Å². The van der Waals surface area contributed by atoms with Crippen LogP contribution < -0.4 is 29.6 Å². The van der Waals surface area contributed by atoms with E-state index in [2.05, 4.69) is 0 Å². The molecule has 0 aliphatic carbocycles. The van der Waals surface area contributed by atoms with Gasteiger partial charge in [-0.1, -0.05) is 11.6 Å². The average Bonchev–Trinajstić information content (AvgIpc) is 1.99. The summed E-state index contributed by atoms with van der Waals surface area (Å²) in [7, 11) is -4.95. The monoisotopic (exact) mass is 273 g/mol. The van der Waals surface area contributed by atoms with Crippen LogP contribution in [-0.4, -0.2) is 17.9 Å². The minimum absolute atomic E-state index is 0. The molecule has 0 unspecified atom stereocenters. The van der Waals surface area contributed by atoms with Crippen LogP contribution in [-0.2, 0) is 10.1 Å². The van der Waals surface area contributed by atoms with E-state index in [0.29, 0.717) is 5.56 Å². The fraction of sp³-hybridized carbons (Fsp3) is 0.143. The third-order valence-electron chi connectivity index (χ3n) is 1.62. The van der Waals surface area contributed by atoms with Crippen LogP contribution in [0.4, 0.5) is 5.69 Å². The quantitative estimate of drug-likeness (QED) is 0.281. The van der Waals surface area contributed by atoms with Gasteiger partial charge in [-0.15, -0.1) is 0 Å². The Kier molecular flexibility index (Phi) is 5.37. The molecule has 0 amide bonds. The number of nitro benzene ring substituents is 1. The van der Waals surface area contributed by atoms with Gasteiger partial charge >= 0.3 is 29.6 Å². The fourth-order valence-corrected chi connectivity index (χ4v) is 2.33. The molecule has 0 bridgehead atoms. The van der Waals surface area contributed by atoms with Gasteiger partial charge in [-0.2, -0.15) is 0 Å². The normalized spacial score (nSPS) is 10.7. The number of halogens is 1. The first kappa shape index (κ1) is 15.8. The fourth-order valence-electron chi connectivity index (χ4n) is 1.09. The number of hydrogen-bond donors (Lipinski definition) is 0. The molecule has 1 aromatic carbocycles. The summed E-state index contributed by atoms with van der Waals surface area (Å²) in [5.41, 5.74) is -0.394. The van der Waals surface area contributed by atoms with E-state index in [1.807, 2.05) is 0 Å². The van der Waals surface area contributed by atoms with Crippen LogP contribution in [0.3, 0.4) is 0 Å². The molecule has 1 rings (SSSR count). The van der Waals surface area contributed by atoms with E-state index in [1.54, 1.807) is 0 Å². The van der Waals surface area contributed by atoms with E-state index in [4.69, 9.17) is 11.6 Å². The zero-order valence-electron chi connectivity index (χ0n) is 8.43. The summed E-state index contributed by atoms with van der Waals surface area (Å²) in [6, 6.07) is 2.16. The van der Waals surface area contributed by atoms with Gasteiger partial charge < -0.3 is 4.55 Å². The summed E-state index contributed by atoms with van der Waals surface area (Å²) in [6.45, 7) is 1.50. The van der Waals surface area contributed by atoms with E-state index in [0.717, 1.165) is 6.07 Å². The van der Waals surface area contributed by atoms with Crippen molar-refractivity contribution in [3.63, 3.8) is 0 Å². The second-order valence-corrected chi connectivity index (χ2v) is 4.53. The minimum atomic E-state index is -4.95. The van der Waals surface area contributed by atoms with Crippen LogP contribution in [0, 0.1) is 17.0 Å². The SMILES string of the molecule is Cc1cc(Cl)c(S(=O)(=O)[O-])c([N+](=O)[O-])c1.[Na+]. The zero-order valence-corrected chi connectivity index (χ0v) is 12.0. The van der Waals surface area contributed by atoms with Crippen LogP contribution in [0.2, 0.25) is 5.02 Å². The molecule has 0 radical (unpaired) electrons. The number of benzene rings is 1. The molecule has 0 aliphatic rings. The summed E-state index contributed by atoms with van der Waals surface area (Å²) in [6.07, 6.45) is 0. The Morgan fingerprint density at radius 3 is 2.25 bits per heavy atom. The van der Waals surface area contributed by atoms with E-state index in [1.165, 1.54) is 13.0 Å². The molecule has 0 fully saturated rings. The van der Waals surface area contributed by atoms with Crippen molar-refractivity contribution in [2.24, 2.45) is 0 Å². The summed E-state index contributed by atoms with van der Waals surface area (Å²) in [5.74, 6) is 0. The maximum absolute atomic E-state index is 10.7. The number of rotatable bonds is 2. The minimum Gasteiger partial charge on any atom is -0.744 e. The second-order valence-electron chi connectivity index (χ2n) is 2.81. The number of hydrogen-bond acceptors (Lipinski definition) is 5. The number of nitrogens with zero attached hydrogens (tertiary/aromatic N) is 1. The number of aryl methyl sites for hydroxylation is 1. The Labute approximate surface area is 119 Å². The van der Waals surface area contributed by atoms with E-state index < -0.39 is 30.6 Å². The molecule has 82 valence electrons. The van der Waals surface area contributed by atoms with E-state index >= 15 is 0 Å². The first-order valence-corrected chi connectivity index (χ1v) is 5.42. The Morgan fingerprint density at radius 1 is 1.38 bits per heavy atom. The predicted molar refractivity (Wildman–Crippen MR) is 50.8 cm³/mol. The van der Waals surface area contributed by atoms with Crippen molar-refractivity contribution in [3.05, 3.63) is 32.8 Å². The third-order valence-corrected chi connectivity index (χ3v) is 2.95. The Balaban J connectivity index is 0.00000225. The van der Waals surface area contributed by atoms with Gasteiger partial charge in [0.2, 0.25) is 0 Å². The summed E-state index contributed by atoms with van der Waals surface area (Å²) < 4.78 is 32.2. The van der Waals surface area contributed by atoms with Crippen molar-refractivity contribution >= 4 is 27.4 Å². The first-order chi connectivity index (χ1) is 6.73. The van der Waals surface area contributed by atoms with Crippen molar-refractivity contribution in [2.45, 2.75) is 11.8 Å². The molecular formula is C7H5ClNNaO5S. The van der Waals surface area contributed by atoms with Gasteiger partial charge in [-0.3, -0.25) is 10.1 Å². The van der Waals surface area contributed by atoms with Gasteiger partial charge in [0.25, 0.3) is 5.69 Å². The van der Waals surface area contributed by atoms with E-state index in [9.17, 15) is 23.1 Å². The Morgan fingerprint density at radius 2 is 1.88 bits per heavy atom. The van der Waals surface area contributed by atoms with Crippen molar-refractivity contribution in [3.8, 4) is 0 Å². The average molecular weight is 274 g/mol. The van der Waals surface area contributed by atoms with Gasteiger partial charge in [0.15, 0.2) is 4.90 Å². The maximum atomic E-state index is 10.7. The molecule has 0 N–H and O–H groups in total. The smallest absolute Gasteiger partial charge is 0.744 e.